The standard InChI is InChI=1S/C27H29N3O2/c1-18-10-12-20(13-11-18)26(31)21-14-16-29(17-15-21)27(32)25-22-7-5-9-24(22)30(28-25)23-8-4-3-6-19(23)2/h3-4,6,8,10-13,21H,5,7,9,14-17H2,1-2H3. The number of aromatic nitrogens is 2. The zero-order valence-corrected chi connectivity index (χ0v) is 18.8. The number of carbonyl (C=O) groups excluding carboxylic acids is 2. The maximum absolute atomic E-state index is 13.4. The van der Waals surface area contributed by atoms with Gasteiger partial charge in [0.25, 0.3) is 5.91 Å². The van der Waals surface area contributed by atoms with Crippen LogP contribution in [0.3, 0.4) is 0 Å². The molecular formula is C27H29N3O2. The molecule has 0 bridgehead atoms. The summed E-state index contributed by atoms with van der Waals surface area (Å²) in [6, 6.07) is 16.0. The van der Waals surface area contributed by atoms with Gasteiger partial charge in [0.2, 0.25) is 0 Å². The van der Waals surface area contributed by atoms with Crippen LogP contribution in [0.15, 0.2) is 48.5 Å². The number of nitrogens with zero attached hydrogens (tertiary/aromatic N) is 3. The van der Waals surface area contributed by atoms with Gasteiger partial charge in [-0.2, -0.15) is 5.10 Å². The van der Waals surface area contributed by atoms with E-state index in [9.17, 15) is 9.59 Å². The van der Waals surface area contributed by atoms with Gasteiger partial charge in [0.15, 0.2) is 11.5 Å². The first-order chi connectivity index (χ1) is 15.5. The van der Waals surface area contributed by atoms with Crippen molar-refractivity contribution < 1.29 is 9.59 Å². The monoisotopic (exact) mass is 427 g/mol. The molecule has 5 rings (SSSR count). The van der Waals surface area contributed by atoms with Crippen molar-refractivity contribution in [3.05, 3.63) is 82.2 Å². The summed E-state index contributed by atoms with van der Waals surface area (Å²) in [5.41, 5.74) is 7.01. The highest BCUT2D eigenvalue weighted by atomic mass is 16.2. The molecule has 0 N–H and O–H groups in total. The Hall–Kier alpha value is -3.21. The van der Waals surface area contributed by atoms with Gasteiger partial charge in [0.1, 0.15) is 0 Å². The normalized spacial score (nSPS) is 16.2. The zero-order chi connectivity index (χ0) is 22.2. The minimum Gasteiger partial charge on any atom is -0.337 e. The highest BCUT2D eigenvalue weighted by molar-refractivity contribution is 5.98. The fraction of sp³-hybridized carbons (Fsp3) is 0.370. The SMILES string of the molecule is Cc1ccc(C(=O)C2CCN(C(=O)c3nn(-c4ccccc4C)c4c3CCC4)CC2)cc1. The molecule has 1 aromatic heterocycles. The molecule has 5 nitrogen and oxygen atoms in total. The summed E-state index contributed by atoms with van der Waals surface area (Å²) in [5, 5.41) is 4.81. The molecule has 0 atom stereocenters. The van der Waals surface area contributed by atoms with E-state index in [-0.39, 0.29) is 17.6 Å². The Bertz CT molecular complexity index is 1170. The van der Waals surface area contributed by atoms with Crippen LogP contribution in [0.1, 0.15) is 62.5 Å². The van der Waals surface area contributed by atoms with E-state index in [1.807, 2.05) is 52.9 Å². The number of para-hydroxylation sites is 1. The van der Waals surface area contributed by atoms with Gasteiger partial charge >= 0.3 is 0 Å². The van der Waals surface area contributed by atoms with Gasteiger partial charge in [-0.3, -0.25) is 9.59 Å². The van der Waals surface area contributed by atoms with Gasteiger partial charge < -0.3 is 4.90 Å². The number of ketones is 1. The van der Waals surface area contributed by atoms with Crippen LogP contribution in [0.2, 0.25) is 0 Å². The summed E-state index contributed by atoms with van der Waals surface area (Å²) < 4.78 is 1.98. The van der Waals surface area contributed by atoms with Crippen LogP contribution < -0.4 is 0 Å². The van der Waals surface area contributed by atoms with E-state index >= 15 is 0 Å². The lowest BCUT2D eigenvalue weighted by atomic mass is 9.88. The number of piperidine rings is 1. The van der Waals surface area contributed by atoms with E-state index in [1.165, 1.54) is 5.69 Å². The molecule has 5 heteroatoms. The topological polar surface area (TPSA) is 55.2 Å². The Morgan fingerprint density at radius 2 is 1.66 bits per heavy atom. The molecular weight excluding hydrogens is 398 g/mol. The number of Topliss-reactive ketones (excluding diaryl/α,β-unsaturated/α-hetero) is 1. The average Bonchev–Trinajstić information content (AvgIpc) is 3.42. The molecule has 1 fully saturated rings. The average molecular weight is 428 g/mol. The molecule has 3 aromatic rings. The number of likely N-dealkylation sites (tertiary alicyclic amines) is 1. The lowest BCUT2D eigenvalue weighted by Crippen LogP contribution is -2.40. The van der Waals surface area contributed by atoms with Crippen molar-refractivity contribution in [3.63, 3.8) is 0 Å². The number of rotatable bonds is 4. The number of hydrogen-bond acceptors (Lipinski definition) is 3. The van der Waals surface area contributed by atoms with Crippen molar-refractivity contribution in [2.24, 2.45) is 5.92 Å². The van der Waals surface area contributed by atoms with E-state index in [2.05, 4.69) is 19.1 Å². The van der Waals surface area contributed by atoms with E-state index < -0.39 is 0 Å². The number of aryl methyl sites for hydroxylation is 2. The van der Waals surface area contributed by atoms with Crippen LogP contribution in [0.4, 0.5) is 0 Å². The molecule has 1 aliphatic carbocycles. The quantitative estimate of drug-likeness (QED) is 0.567. The van der Waals surface area contributed by atoms with Gasteiger partial charge in [-0.05, 0) is 57.6 Å². The van der Waals surface area contributed by atoms with Crippen molar-refractivity contribution in [2.75, 3.05) is 13.1 Å². The van der Waals surface area contributed by atoms with Gasteiger partial charge in [0, 0.05) is 35.8 Å². The second-order valence-corrected chi connectivity index (χ2v) is 9.12. The summed E-state index contributed by atoms with van der Waals surface area (Å²) in [6.07, 6.45) is 4.34. The summed E-state index contributed by atoms with van der Waals surface area (Å²) in [4.78, 5) is 28.2. The number of fused-ring (bicyclic) bond motifs is 1. The second-order valence-electron chi connectivity index (χ2n) is 9.12. The van der Waals surface area contributed by atoms with Gasteiger partial charge in [-0.25, -0.2) is 4.68 Å². The smallest absolute Gasteiger partial charge is 0.274 e. The lowest BCUT2D eigenvalue weighted by molar-refractivity contribution is 0.0644. The number of carbonyl (C=O) groups is 2. The highest BCUT2D eigenvalue weighted by Gasteiger charge is 2.33. The Kier molecular flexibility index (Phi) is 5.41. The van der Waals surface area contributed by atoms with Crippen molar-refractivity contribution >= 4 is 11.7 Å². The van der Waals surface area contributed by atoms with Crippen molar-refractivity contribution in [2.45, 2.75) is 46.0 Å². The third-order valence-electron chi connectivity index (χ3n) is 6.97. The van der Waals surface area contributed by atoms with Crippen molar-refractivity contribution in [1.29, 1.82) is 0 Å². The summed E-state index contributed by atoms with van der Waals surface area (Å²) >= 11 is 0. The van der Waals surface area contributed by atoms with Gasteiger partial charge in [-0.15, -0.1) is 0 Å². The van der Waals surface area contributed by atoms with Gasteiger partial charge in [0.05, 0.1) is 5.69 Å². The molecule has 0 radical (unpaired) electrons. The Balaban J connectivity index is 1.33. The molecule has 1 saturated heterocycles. The molecule has 1 amide bonds. The molecule has 32 heavy (non-hydrogen) atoms. The molecule has 2 heterocycles. The van der Waals surface area contributed by atoms with Crippen LogP contribution >= 0.6 is 0 Å². The third kappa shape index (κ3) is 3.66. The first-order valence-electron chi connectivity index (χ1n) is 11.6. The molecule has 1 aliphatic heterocycles. The lowest BCUT2D eigenvalue weighted by Gasteiger charge is -2.31. The summed E-state index contributed by atoms with van der Waals surface area (Å²) in [5.74, 6) is 0.190. The summed E-state index contributed by atoms with van der Waals surface area (Å²) in [7, 11) is 0. The highest BCUT2D eigenvalue weighted by Crippen LogP contribution is 2.31. The van der Waals surface area contributed by atoms with Crippen molar-refractivity contribution in [1.82, 2.24) is 14.7 Å². The molecule has 164 valence electrons. The van der Waals surface area contributed by atoms with E-state index in [1.54, 1.807) is 0 Å². The van der Waals surface area contributed by atoms with Crippen LogP contribution in [-0.2, 0) is 12.8 Å². The molecule has 0 unspecified atom stereocenters. The first kappa shape index (κ1) is 20.7. The fourth-order valence-corrected chi connectivity index (χ4v) is 5.06. The van der Waals surface area contributed by atoms with E-state index in [0.29, 0.717) is 31.6 Å². The number of amides is 1. The zero-order valence-electron chi connectivity index (χ0n) is 18.8. The van der Waals surface area contributed by atoms with Crippen LogP contribution in [0, 0.1) is 19.8 Å². The minimum atomic E-state index is -0.0167. The Morgan fingerprint density at radius 1 is 0.938 bits per heavy atom. The molecule has 2 aliphatic rings. The third-order valence-corrected chi connectivity index (χ3v) is 6.97. The summed E-state index contributed by atoms with van der Waals surface area (Å²) in [6.45, 7) is 5.31. The maximum Gasteiger partial charge on any atom is 0.274 e. The first-order valence-corrected chi connectivity index (χ1v) is 11.6. The predicted octanol–water partition coefficient (Wildman–Crippen LogP) is 4.71. The molecule has 0 spiro atoms. The second kappa shape index (κ2) is 8.38. The largest absolute Gasteiger partial charge is 0.337 e. The van der Waals surface area contributed by atoms with Crippen LogP contribution in [0.5, 0.6) is 0 Å². The number of benzene rings is 2. The maximum atomic E-state index is 13.4. The minimum absolute atomic E-state index is 0.0109. The van der Waals surface area contributed by atoms with Crippen molar-refractivity contribution in [3.8, 4) is 5.69 Å². The van der Waals surface area contributed by atoms with E-state index in [4.69, 9.17) is 5.10 Å². The van der Waals surface area contributed by atoms with Crippen LogP contribution in [0.25, 0.3) is 5.69 Å². The van der Waals surface area contributed by atoms with E-state index in [0.717, 1.165) is 47.2 Å². The fourth-order valence-electron chi connectivity index (χ4n) is 5.06. The Morgan fingerprint density at radius 3 is 2.38 bits per heavy atom. The Labute approximate surface area is 189 Å². The van der Waals surface area contributed by atoms with Gasteiger partial charge in [-0.1, -0.05) is 48.0 Å². The predicted molar refractivity (Wildman–Crippen MR) is 124 cm³/mol. The molecule has 0 saturated carbocycles. The number of hydrogen-bond donors (Lipinski definition) is 0. The van der Waals surface area contributed by atoms with Crippen LogP contribution in [-0.4, -0.2) is 39.5 Å². The molecule has 2 aromatic carbocycles.